The molecule has 0 saturated heterocycles. The molecule has 4 nitrogen and oxygen atoms in total. The highest BCUT2D eigenvalue weighted by Crippen LogP contribution is 2.28. The number of rotatable bonds is 6. The minimum Gasteiger partial charge on any atom is -0.481 e. The average Bonchev–Trinajstić information content (AvgIpc) is 2.77. The lowest BCUT2D eigenvalue weighted by Crippen LogP contribution is -2.16. The van der Waals surface area contributed by atoms with Gasteiger partial charge in [-0.05, 0) is 32.1 Å². The summed E-state index contributed by atoms with van der Waals surface area (Å²) >= 11 is 0. The molecule has 1 unspecified atom stereocenters. The Morgan fingerprint density at radius 2 is 2.35 bits per heavy atom. The molecule has 1 aromatic rings. The van der Waals surface area contributed by atoms with E-state index in [1.54, 1.807) is 0 Å². The second-order valence-corrected chi connectivity index (χ2v) is 4.83. The first-order valence-corrected chi connectivity index (χ1v) is 6.50. The van der Waals surface area contributed by atoms with E-state index >= 15 is 0 Å². The minimum absolute atomic E-state index is 0.307. The maximum Gasteiger partial charge on any atom is 0.303 e. The molecule has 1 N–H and O–H groups in total. The lowest BCUT2D eigenvalue weighted by atomic mass is 9.97. The summed E-state index contributed by atoms with van der Waals surface area (Å²) in [6, 6.07) is 0.589. The lowest BCUT2D eigenvalue weighted by molar-refractivity contribution is -0.137. The molecule has 0 bridgehead atoms. The second-order valence-electron chi connectivity index (χ2n) is 4.83. The Morgan fingerprint density at radius 3 is 3.18 bits per heavy atom. The SMILES string of the molecule is O=C(O)CCCCCC1CCCc2cncn21. The molecule has 0 spiro atoms. The molecule has 0 aromatic carbocycles. The van der Waals surface area contributed by atoms with Gasteiger partial charge < -0.3 is 9.67 Å². The topological polar surface area (TPSA) is 55.1 Å². The van der Waals surface area contributed by atoms with Gasteiger partial charge in [0.1, 0.15) is 0 Å². The van der Waals surface area contributed by atoms with Crippen molar-refractivity contribution in [2.24, 2.45) is 0 Å². The number of aliphatic carboxylic acids is 1. The molecule has 0 aliphatic carbocycles. The van der Waals surface area contributed by atoms with Crippen molar-refractivity contribution < 1.29 is 9.90 Å². The molecule has 2 heterocycles. The molecule has 94 valence electrons. The molecular formula is C13H20N2O2. The van der Waals surface area contributed by atoms with Crippen LogP contribution in [0, 0.1) is 0 Å². The molecule has 0 fully saturated rings. The number of fused-ring (bicyclic) bond motifs is 1. The summed E-state index contributed by atoms with van der Waals surface area (Å²) in [6.07, 6.45) is 12.0. The van der Waals surface area contributed by atoms with Crippen molar-refractivity contribution in [1.29, 1.82) is 0 Å². The van der Waals surface area contributed by atoms with Gasteiger partial charge in [0.25, 0.3) is 0 Å². The van der Waals surface area contributed by atoms with Crippen LogP contribution >= 0.6 is 0 Å². The number of carboxylic acids is 1. The van der Waals surface area contributed by atoms with Gasteiger partial charge in [-0.3, -0.25) is 4.79 Å². The Hall–Kier alpha value is -1.32. The highest BCUT2D eigenvalue weighted by atomic mass is 16.4. The van der Waals surface area contributed by atoms with E-state index in [1.807, 2.05) is 12.5 Å². The molecule has 1 aromatic heterocycles. The van der Waals surface area contributed by atoms with Crippen molar-refractivity contribution in [3.63, 3.8) is 0 Å². The maximum absolute atomic E-state index is 10.4. The third-order valence-electron chi connectivity index (χ3n) is 3.54. The Balaban J connectivity index is 1.72. The van der Waals surface area contributed by atoms with Crippen LogP contribution in [0.3, 0.4) is 0 Å². The number of imidazole rings is 1. The predicted molar refractivity (Wildman–Crippen MR) is 64.9 cm³/mol. The Morgan fingerprint density at radius 1 is 1.47 bits per heavy atom. The van der Waals surface area contributed by atoms with Crippen LogP contribution in [-0.2, 0) is 11.2 Å². The van der Waals surface area contributed by atoms with Gasteiger partial charge in [0.15, 0.2) is 0 Å². The summed E-state index contributed by atoms with van der Waals surface area (Å²) in [5, 5.41) is 8.55. The van der Waals surface area contributed by atoms with Gasteiger partial charge in [-0.1, -0.05) is 12.8 Å². The molecule has 1 atom stereocenters. The Labute approximate surface area is 102 Å². The summed E-state index contributed by atoms with van der Waals surface area (Å²) in [4.78, 5) is 14.6. The second kappa shape index (κ2) is 5.84. The van der Waals surface area contributed by atoms with Crippen LogP contribution in [0.25, 0.3) is 0 Å². The zero-order chi connectivity index (χ0) is 12.1. The highest BCUT2D eigenvalue weighted by Gasteiger charge is 2.18. The third kappa shape index (κ3) is 3.32. The fraction of sp³-hybridized carbons (Fsp3) is 0.692. The van der Waals surface area contributed by atoms with Gasteiger partial charge in [0.05, 0.1) is 6.33 Å². The minimum atomic E-state index is -0.681. The van der Waals surface area contributed by atoms with Crippen LogP contribution in [-0.4, -0.2) is 20.6 Å². The smallest absolute Gasteiger partial charge is 0.303 e. The molecule has 2 rings (SSSR count). The number of hydrogen-bond acceptors (Lipinski definition) is 2. The fourth-order valence-corrected chi connectivity index (χ4v) is 2.63. The van der Waals surface area contributed by atoms with Crippen LogP contribution in [0.4, 0.5) is 0 Å². The van der Waals surface area contributed by atoms with E-state index in [-0.39, 0.29) is 0 Å². The normalized spacial score (nSPS) is 18.9. The number of carboxylic acid groups (broad SMARTS) is 1. The van der Waals surface area contributed by atoms with Gasteiger partial charge in [0, 0.05) is 24.4 Å². The first kappa shape index (κ1) is 12.1. The largest absolute Gasteiger partial charge is 0.481 e. The van der Waals surface area contributed by atoms with Crippen molar-refractivity contribution in [3.8, 4) is 0 Å². The number of carbonyl (C=O) groups is 1. The van der Waals surface area contributed by atoms with E-state index in [4.69, 9.17) is 5.11 Å². The molecule has 1 aliphatic heterocycles. The monoisotopic (exact) mass is 236 g/mol. The highest BCUT2D eigenvalue weighted by molar-refractivity contribution is 5.66. The van der Waals surface area contributed by atoms with E-state index in [9.17, 15) is 4.79 Å². The molecular weight excluding hydrogens is 216 g/mol. The van der Waals surface area contributed by atoms with Crippen LogP contribution in [0.2, 0.25) is 0 Å². The summed E-state index contributed by atoms with van der Waals surface area (Å²) in [7, 11) is 0. The lowest BCUT2D eigenvalue weighted by Gasteiger charge is -2.25. The molecule has 1 aliphatic rings. The van der Waals surface area contributed by atoms with Crippen LogP contribution in [0.15, 0.2) is 12.5 Å². The zero-order valence-corrected chi connectivity index (χ0v) is 10.1. The maximum atomic E-state index is 10.4. The van der Waals surface area contributed by atoms with E-state index < -0.39 is 5.97 Å². The van der Waals surface area contributed by atoms with Gasteiger partial charge in [-0.2, -0.15) is 0 Å². The third-order valence-corrected chi connectivity index (χ3v) is 3.54. The molecule has 4 heteroatoms. The summed E-state index contributed by atoms with van der Waals surface area (Å²) in [5.74, 6) is -0.681. The Kier molecular flexibility index (Phi) is 4.18. The standard InChI is InChI=1S/C13H20N2O2/c16-13(17)8-3-1-2-5-11-6-4-7-12-9-14-10-15(11)12/h9-11H,1-8H2,(H,16,17). The van der Waals surface area contributed by atoms with Crippen LogP contribution < -0.4 is 0 Å². The summed E-state index contributed by atoms with van der Waals surface area (Å²) in [5.41, 5.74) is 1.35. The van der Waals surface area contributed by atoms with Gasteiger partial charge >= 0.3 is 5.97 Å². The average molecular weight is 236 g/mol. The molecule has 0 amide bonds. The number of unbranched alkanes of at least 4 members (excludes halogenated alkanes) is 2. The first-order valence-electron chi connectivity index (χ1n) is 6.50. The van der Waals surface area contributed by atoms with Crippen molar-refractivity contribution >= 4 is 5.97 Å². The van der Waals surface area contributed by atoms with E-state index in [0.717, 1.165) is 32.1 Å². The number of hydrogen-bond donors (Lipinski definition) is 1. The van der Waals surface area contributed by atoms with Gasteiger partial charge in [0.2, 0.25) is 0 Å². The van der Waals surface area contributed by atoms with Crippen LogP contribution in [0.5, 0.6) is 0 Å². The predicted octanol–water partition coefficient (Wildman–Crippen LogP) is 2.80. The summed E-state index contributed by atoms with van der Waals surface area (Å²) < 4.78 is 2.31. The number of aromatic nitrogens is 2. The van der Waals surface area contributed by atoms with E-state index in [2.05, 4.69) is 9.55 Å². The van der Waals surface area contributed by atoms with Crippen LogP contribution in [0.1, 0.15) is 56.7 Å². The first-order chi connectivity index (χ1) is 8.27. The number of nitrogens with zero attached hydrogens (tertiary/aromatic N) is 2. The number of aryl methyl sites for hydroxylation is 1. The molecule has 17 heavy (non-hydrogen) atoms. The molecule has 0 radical (unpaired) electrons. The van der Waals surface area contributed by atoms with E-state index in [0.29, 0.717) is 12.5 Å². The van der Waals surface area contributed by atoms with Gasteiger partial charge in [-0.15, -0.1) is 0 Å². The van der Waals surface area contributed by atoms with Gasteiger partial charge in [-0.25, -0.2) is 4.98 Å². The van der Waals surface area contributed by atoms with E-state index in [1.165, 1.54) is 18.5 Å². The van der Waals surface area contributed by atoms with Crippen molar-refractivity contribution in [3.05, 3.63) is 18.2 Å². The quantitative estimate of drug-likeness (QED) is 0.773. The van der Waals surface area contributed by atoms with Crippen molar-refractivity contribution in [2.75, 3.05) is 0 Å². The summed E-state index contributed by atoms with van der Waals surface area (Å²) in [6.45, 7) is 0. The molecule has 0 saturated carbocycles. The van der Waals surface area contributed by atoms with Crippen molar-refractivity contribution in [2.45, 2.75) is 57.4 Å². The Bertz CT molecular complexity index is 373. The fourth-order valence-electron chi connectivity index (χ4n) is 2.63. The zero-order valence-electron chi connectivity index (χ0n) is 10.1. The van der Waals surface area contributed by atoms with Crippen molar-refractivity contribution in [1.82, 2.24) is 9.55 Å².